The van der Waals surface area contributed by atoms with E-state index in [9.17, 15) is 9.90 Å². The summed E-state index contributed by atoms with van der Waals surface area (Å²) in [5.74, 6) is 2.32. The summed E-state index contributed by atoms with van der Waals surface area (Å²) in [5.41, 5.74) is 0.755. The van der Waals surface area contributed by atoms with Crippen LogP contribution < -0.4 is 4.90 Å². The number of ether oxygens (including phenoxy) is 1. The Morgan fingerprint density at radius 2 is 1.89 bits per heavy atom. The summed E-state index contributed by atoms with van der Waals surface area (Å²) < 4.78 is 7.78. The highest BCUT2D eigenvalue weighted by molar-refractivity contribution is 5.69. The van der Waals surface area contributed by atoms with Crippen molar-refractivity contribution >= 4 is 11.9 Å². The van der Waals surface area contributed by atoms with Gasteiger partial charge in [0.25, 0.3) is 0 Å². The molecule has 6 rings (SSSR count). The maximum absolute atomic E-state index is 12.3. The van der Waals surface area contributed by atoms with Crippen LogP contribution in [0.1, 0.15) is 78.5 Å². The fraction of sp³-hybridized carbons (Fsp3) is 0.857. The number of hydrogen-bond acceptors (Lipinski definition) is 6. The van der Waals surface area contributed by atoms with Gasteiger partial charge >= 0.3 is 6.09 Å². The van der Waals surface area contributed by atoms with E-state index in [1.54, 1.807) is 0 Å². The van der Waals surface area contributed by atoms with Gasteiger partial charge in [0.15, 0.2) is 5.82 Å². The molecule has 0 radical (unpaired) electrons. The van der Waals surface area contributed by atoms with Crippen LogP contribution in [0.4, 0.5) is 10.6 Å². The van der Waals surface area contributed by atoms with E-state index in [4.69, 9.17) is 9.84 Å². The summed E-state index contributed by atoms with van der Waals surface area (Å²) in [6.07, 6.45) is 5.34. The van der Waals surface area contributed by atoms with Gasteiger partial charge in [-0.15, -0.1) is 0 Å². The maximum Gasteiger partial charge on any atom is 0.410 e. The maximum atomic E-state index is 12.3. The minimum absolute atomic E-state index is 0.0663. The molecule has 1 spiro atoms. The van der Waals surface area contributed by atoms with Crippen molar-refractivity contribution in [2.24, 2.45) is 17.3 Å². The third-order valence-corrected chi connectivity index (χ3v) is 9.55. The molecule has 5 fully saturated rings. The molecule has 2 unspecified atom stereocenters. The largest absolute Gasteiger partial charge is 0.444 e. The van der Waals surface area contributed by atoms with E-state index in [0.29, 0.717) is 17.9 Å². The van der Waals surface area contributed by atoms with Crippen LogP contribution in [-0.2, 0) is 4.74 Å². The molecule has 5 aliphatic rings. The second kappa shape index (κ2) is 7.85. The van der Waals surface area contributed by atoms with Gasteiger partial charge in [-0.1, -0.05) is 0 Å². The predicted octanol–water partition coefficient (Wildman–Crippen LogP) is 3.83. The Balaban J connectivity index is 1.03. The number of aryl methyl sites for hydroxylation is 1. The summed E-state index contributed by atoms with van der Waals surface area (Å²) in [6, 6.07) is 2.69. The molecule has 1 N–H and O–H groups in total. The molecular formula is C28H45N5O3. The number of aromatic nitrogens is 2. The van der Waals surface area contributed by atoms with Gasteiger partial charge in [-0.2, -0.15) is 5.10 Å². The molecule has 4 heterocycles. The molecule has 8 heteroatoms. The lowest BCUT2D eigenvalue weighted by molar-refractivity contribution is -0.0930. The van der Waals surface area contributed by atoms with Gasteiger partial charge in [0.1, 0.15) is 5.60 Å². The second-order valence-electron chi connectivity index (χ2n) is 14.5. The van der Waals surface area contributed by atoms with Gasteiger partial charge in [-0.25, -0.2) is 4.79 Å². The molecule has 1 amide bonds. The number of fused-ring (bicyclic) bond motifs is 1. The first-order valence-corrected chi connectivity index (χ1v) is 14.0. The van der Waals surface area contributed by atoms with Gasteiger partial charge in [0.05, 0.1) is 11.6 Å². The van der Waals surface area contributed by atoms with Gasteiger partial charge in [-0.05, 0) is 79.6 Å². The van der Waals surface area contributed by atoms with Crippen molar-refractivity contribution in [2.75, 3.05) is 44.2 Å². The van der Waals surface area contributed by atoms with Crippen LogP contribution in [0.5, 0.6) is 0 Å². The molecule has 3 aliphatic heterocycles. The molecule has 3 atom stereocenters. The summed E-state index contributed by atoms with van der Waals surface area (Å²) in [5, 5.41) is 15.5. The minimum atomic E-state index is -0.441. The number of piperidine rings is 2. The normalized spacial score (nSPS) is 33.3. The minimum Gasteiger partial charge on any atom is -0.444 e. The van der Waals surface area contributed by atoms with Crippen LogP contribution in [0.3, 0.4) is 0 Å². The van der Waals surface area contributed by atoms with E-state index in [0.717, 1.165) is 70.8 Å². The molecule has 2 saturated carbocycles. The Morgan fingerprint density at radius 1 is 1.17 bits per heavy atom. The van der Waals surface area contributed by atoms with Crippen LogP contribution in [0.2, 0.25) is 0 Å². The van der Waals surface area contributed by atoms with Crippen LogP contribution in [0.25, 0.3) is 0 Å². The Bertz CT molecular complexity index is 1030. The zero-order chi connectivity index (χ0) is 25.7. The number of rotatable bonds is 4. The number of carbonyl (C=O) groups excluding carboxylic acids is 1. The average Bonchev–Trinajstić information content (AvgIpc) is 2.98. The third kappa shape index (κ3) is 4.32. The zero-order valence-electron chi connectivity index (χ0n) is 23.1. The Morgan fingerprint density at radius 3 is 2.50 bits per heavy atom. The molecule has 2 aliphatic carbocycles. The van der Waals surface area contributed by atoms with E-state index >= 15 is 0 Å². The number of nitrogens with zero attached hydrogens (tertiary/aromatic N) is 5. The highest BCUT2D eigenvalue weighted by atomic mass is 16.6. The van der Waals surface area contributed by atoms with Crippen molar-refractivity contribution < 1.29 is 14.6 Å². The van der Waals surface area contributed by atoms with E-state index in [2.05, 4.69) is 41.3 Å². The van der Waals surface area contributed by atoms with Gasteiger partial charge in [-0.3, -0.25) is 9.58 Å². The van der Waals surface area contributed by atoms with Crippen LogP contribution in [-0.4, -0.2) is 86.8 Å². The predicted molar refractivity (Wildman–Crippen MR) is 139 cm³/mol. The number of anilines is 1. The number of amides is 1. The SMILES string of the molecule is Cc1cc(N2CC[C@@H](CN3CC4CC4(O)C3)CC2(C)C)nn1C1CC2(C1)CN(C(=O)OC(C)(C)C)C2. The second-order valence-corrected chi connectivity index (χ2v) is 14.5. The van der Waals surface area contributed by atoms with Crippen molar-refractivity contribution in [3.8, 4) is 0 Å². The van der Waals surface area contributed by atoms with Crippen molar-refractivity contribution in [1.82, 2.24) is 19.6 Å². The van der Waals surface area contributed by atoms with E-state index in [-0.39, 0.29) is 22.6 Å². The molecule has 0 aromatic carbocycles. The molecule has 200 valence electrons. The van der Waals surface area contributed by atoms with Gasteiger partial charge in [0, 0.05) is 67.9 Å². The van der Waals surface area contributed by atoms with Gasteiger partial charge in [0.2, 0.25) is 0 Å². The molecule has 1 aromatic heterocycles. The fourth-order valence-corrected chi connectivity index (χ4v) is 7.74. The quantitative estimate of drug-likeness (QED) is 0.679. The zero-order valence-corrected chi connectivity index (χ0v) is 23.1. The van der Waals surface area contributed by atoms with Gasteiger partial charge < -0.3 is 19.6 Å². The number of carbonyl (C=O) groups is 1. The highest BCUT2D eigenvalue weighted by Gasteiger charge is 2.59. The summed E-state index contributed by atoms with van der Waals surface area (Å²) >= 11 is 0. The topological polar surface area (TPSA) is 74.1 Å². The lowest BCUT2D eigenvalue weighted by Crippen LogP contribution is -2.64. The number of aliphatic hydroxyl groups is 1. The monoisotopic (exact) mass is 499 g/mol. The average molecular weight is 500 g/mol. The first-order chi connectivity index (χ1) is 16.7. The summed E-state index contributed by atoms with van der Waals surface area (Å²) in [6.45, 7) is 18.4. The first-order valence-electron chi connectivity index (χ1n) is 14.0. The van der Waals surface area contributed by atoms with Crippen molar-refractivity contribution in [2.45, 2.75) is 96.4 Å². The standard InChI is InChI=1S/C28H45N5O3/c1-19-9-23(29-33(19)22-12-27(13-22)16-31(17-27)24(34)36-25(2,3)4)32-8-7-20(10-26(32,5)6)14-30-15-21-11-28(21,35)18-30/h9,20-22,35H,7-8,10-18H2,1-6H3/t20-,21?,28?/m1/s1. The van der Waals surface area contributed by atoms with Crippen molar-refractivity contribution in [3.05, 3.63) is 11.8 Å². The van der Waals surface area contributed by atoms with E-state index in [1.807, 2.05) is 25.7 Å². The highest BCUT2D eigenvalue weighted by Crippen LogP contribution is 2.55. The fourth-order valence-electron chi connectivity index (χ4n) is 7.74. The van der Waals surface area contributed by atoms with Crippen LogP contribution >= 0.6 is 0 Å². The lowest BCUT2D eigenvalue weighted by Gasteiger charge is -2.58. The Labute approximate surface area is 215 Å². The van der Waals surface area contributed by atoms with Crippen molar-refractivity contribution in [3.63, 3.8) is 0 Å². The number of likely N-dealkylation sites (tertiary alicyclic amines) is 2. The molecule has 0 bridgehead atoms. The molecular weight excluding hydrogens is 454 g/mol. The van der Waals surface area contributed by atoms with E-state index < -0.39 is 5.60 Å². The third-order valence-electron chi connectivity index (χ3n) is 9.55. The molecule has 1 aromatic rings. The molecule has 8 nitrogen and oxygen atoms in total. The summed E-state index contributed by atoms with van der Waals surface area (Å²) in [4.78, 5) is 19.2. The van der Waals surface area contributed by atoms with Crippen molar-refractivity contribution in [1.29, 1.82) is 0 Å². The number of hydrogen-bond donors (Lipinski definition) is 1. The first kappa shape index (κ1) is 24.5. The smallest absolute Gasteiger partial charge is 0.410 e. The Hall–Kier alpha value is -1.80. The van der Waals surface area contributed by atoms with E-state index in [1.165, 1.54) is 12.1 Å². The van der Waals surface area contributed by atoms with Crippen LogP contribution in [0, 0.1) is 24.2 Å². The Kier molecular flexibility index (Phi) is 5.35. The van der Waals surface area contributed by atoms with Crippen LogP contribution in [0.15, 0.2) is 6.07 Å². The number of β-amino-alcohol motifs (C(OH)–C–C–N with tert-alkyl or cyclic N) is 1. The lowest BCUT2D eigenvalue weighted by atomic mass is 9.61. The summed E-state index contributed by atoms with van der Waals surface area (Å²) in [7, 11) is 0. The molecule has 3 saturated heterocycles. The molecule has 36 heavy (non-hydrogen) atoms.